The second kappa shape index (κ2) is 4.76. The van der Waals surface area contributed by atoms with Crippen LogP contribution in [-0.2, 0) is 0 Å². The van der Waals surface area contributed by atoms with E-state index in [-0.39, 0.29) is 6.61 Å². The summed E-state index contributed by atoms with van der Waals surface area (Å²) in [6.45, 7) is 4.97. The maximum absolute atomic E-state index is 9.02. The van der Waals surface area contributed by atoms with Crippen LogP contribution >= 0.6 is 0 Å². The van der Waals surface area contributed by atoms with Crippen molar-refractivity contribution in [3.05, 3.63) is 37.3 Å². The molecule has 0 radical (unpaired) electrons. The zero-order chi connectivity index (χ0) is 11.4. The minimum absolute atomic E-state index is 0.0880. The van der Waals surface area contributed by atoms with Crippen LogP contribution in [0.2, 0.25) is 0 Å². The van der Waals surface area contributed by atoms with Crippen molar-refractivity contribution in [1.29, 1.82) is 0 Å². The minimum Gasteiger partial charge on any atom is -0.395 e. The fourth-order valence-electron chi connectivity index (χ4n) is 1.65. The normalized spacial score (nSPS) is 10.6. The highest BCUT2D eigenvalue weighted by atomic mass is 16.3. The number of anilines is 1. The molecule has 2 aromatic heterocycles. The van der Waals surface area contributed by atoms with Crippen LogP contribution in [0, 0.1) is 0 Å². The Kier molecular flexibility index (Phi) is 3.16. The lowest BCUT2D eigenvalue weighted by Crippen LogP contribution is -2.28. The average molecular weight is 218 g/mol. The van der Waals surface area contributed by atoms with Crippen LogP contribution in [0.5, 0.6) is 0 Å². The van der Waals surface area contributed by atoms with Gasteiger partial charge in [0.2, 0.25) is 0 Å². The van der Waals surface area contributed by atoms with Gasteiger partial charge in [0.1, 0.15) is 5.52 Å². The van der Waals surface area contributed by atoms with Crippen molar-refractivity contribution in [3.8, 4) is 0 Å². The smallest absolute Gasteiger partial charge is 0.155 e. The summed E-state index contributed by atoms with van der Waals surface area (Å²) in [5.41, 5.74) is 0.929. The van der Waals surface area contributed by atoms with Crippen molar-refractivity contribution >= 4 is 11.3 Å². The zero-order valence-electron chi connectivity index (χ0n) is 8.95. The van der Waals surface area contributed by atoms with E-state index in [1.807, 2.05) is 11.0 Å². The topological polar surface area (TPSA) is 53.7 Å². The Morgan fingerprint density at radius 3 is 3.12 bits per heavy atom. The summed E-state index contributed by atoms with van der Waals surface area (Å²) in [7, 11) is 0. The van der Waals surface area contributed by atoms with Gasteiger partial charge < -0.3 is 10.0 Å². The lowest BCUT2D eigenvalue weighted by atomic mass is 10.4. The molecule has 0 saturated carbocycles. The number of fused-ring (bicyclic) bond motifs is 1. The first-order valence-corrected chi connectivity index (χ1v) is 5.12. The number of aliphatic hydroxyl groups is 1. The molecule has 0 aliphatic heterocycles. The van der Waals surface area contributed by atoms with Crippen LogP contribution < -0.4 is 4.90 Å². The lowest BCUT2D eigenvalue weighted by Gasteiger charge is -2.21. The molecular formula is C11H14N4O. The highest BCUT2D eigenvalue weighted by Gasteiger charge is 2.10. The molecule has 0 amide bonds. The monoisotopic (exact) mass is 218 g/mol. The molecule has 16 heavy (non-hydrogen) atoms. The van der Waals surface area contributed by atoms with Gasteiger partial charge in [0, 0.05) is 25.5 Å². The maximum Gasteiger partial charge on any atom is 0.155 e. The fourth-order valence-corrected chi connectivity index (χ4v) is 1.65. The van der Waals surface area contributed by atoms with Gasteiger partial charge in [-0.1, -0.05) is 6.08 Å². The molecule has 0 fully saturated rings. The van der Waals surface area contributed by atoms with Gasteiger partial charge in [0.25, 0.3) is 0 Å². The van der Waals surface area contributed by atoms with E-state index in [9.17, 15) is 0 Å². The molecule has 5 heteroatoms. The highest BCUT2D eigenvalue weighted by molar-refractivity contribution is 5.68. The Balaban J connectivity index is 2.42. The van der Waals surface area contributed by atoms with E-state index in [1.54, 1.807) is 29.2 Å². The van der Waals surface area contributed by atoms with Crippen molar-refractivity contribution in [2.45, 2.75) is 0 Å². The molecule has 84 valence electrons. The van der Waals surface area contributed by atoms with Crippen LogP contribution in [-0.4, -0.2) is 39.4 Å². The van der Waals surface area contributed by atoms with Crippen LogP contribution in [0.25, 0.3) is 5.52 Å². The first-order valence-electron chi connectivity index (χ1n) is 5.12. The molecule has 0 atom stereocenters. The first kappa shape index (κ1) is 10.6. The number of nitrogens with zero attached hydrogens (tertiary/aromatic N) is 4. The molecule has 2 rings (SSSR count). The predicted octanol–water partition coefficient (Wildman–Crippen LogP) is 0.714. The Labute approximate surface area is 93.6 Å². The molecule has 0 bridgehead atoms. The van der Waals surface area contributed by atoms with Gasteiger partial charge in [-0.15, -0.1) is 6.58 Å². The van der Waals surface area contributed by atoms with Crippen LogP contribution in [0.3, 0.4) is 0 Å². The van der Waals surface area contributed by atoms with E-state index < -0.39 is 0 Å². The van der Waals surface area contributed by atoms with E-state index in [0.717, 1.165) is 11.3 Å². The summed E-state index contributed by atoms with van der Waals surface area (Å²) in [5, 5.41) is 13.2. The van der Waals surface area contributed by atoms with Crippen molar-refractivity contribution in [2.75, 3.05) is 24.6 Å². The summed E-state index contributed by atoms with van der Waals surface area (Å²) < 4.78 is 1.76. The number of aliphatic hydroxyl groups excluding tert-OH is 1. The fraction of sp³-hybridized carbons (Fsp3) is 0.273. The van der Waals surface area contributed by atoms with Gasteiger partial charge in [-0.25, -0.2) is 9.50 Å². The van der Waals surface area contributed by atoms with Crippen LogP contribution in [0.15, 0.2) is 37.3 Å². The third kappa shape index (κ3) is 1.90. The van der Waals surface area contributed by atoms with E-state index in [0.29, 0.717) is 13.1 Å². The Morgan fingerprint density at radius 1 is 1.50 bits per heavy atom. The van der Waals surface area contributed by atoms with Crippen molar-refractivity contribution in [1.82, 2.24) is 14.6 Å². The number of aromatic nitrogens is 3. The van der Waals surface area contributed by atoms with E-state index >= 15 is 0 Å². The number of hydrogen-bond acceptors (Lipinski definition) is 4. The lowest BCUT2D eigenvalue weighted by molar-refractivity contribution is 0.303. The van der Waals surface area contributed by atoms with Gasteiger partial charge in [0.15, 0.2) is 5.82 Å². The summed E-state index contributed by atoms with van der Waals surface area (Å²) in [6.07, 6.45) is 7.01. The maximum atomic E-state index is 9.02. The van der Waals surface area contributed by atoms with Gasteiger partial charge in [-0.05, 0) is 6.07 Å². The molecular weight excluding hydrogens is 204 g/mol. The standard InChI is InChI=1S/C11H14N4O/c1-2-6-14(8-9-16)11-10-3-4-13-15(10)7-5-12-11/h2-5,7,16H,1,6,8-9H2. The molecule has 2 heterocycles. The summed E-state index contributed by atoms with van der Waals surface area (Å²) >= 11 is 0. The molecule has 2 aromatic rings. The first-order chi connectivity index (χ1) is 7.86. The third-order valence-electron chi connectivity index (χ3n) is 2.32. The second-order valence-electron chi connectivity index (χ2n) is 3.37. The minimum atomic E-state index is 0.0880. The Bertz CT molecular complexity index is 480. The van der Waals surface area contributed by atoms with Crippen molar-refractivity contribution in [2.24, 2.45) is 0 Å². The SMILES string of the molecule is C=CCN(CCO)c1nccn2nccc12. The van der Waals surface area contributed by atoms with E-state index in [1.165, 1.54) is 0 Å². The number of rotatable bonds is 5. The highest BCUT2D eigenvalue weighted by Crippen LogP contribution is 2.17. The second-order valence-corrected chi connectivity index (χ2v) is 3.37. The zero-order valence-corrected chi connectivity index (χ0v) is 8.95. The van der Waals surface area contributed by atoms with Crippen LogP contribution in [0.1, 0.15) is 0 Å². The summed E-state index contributed by atoms with van der Waals surface area (Å²) in [6, 6.07) is 1.90. The van der Waals surface area contributed by atoms with E-state index in [2.05, 4.69) is 16.7 Å². The molecule has 0 aromatic carbocycles. The predicted molar refractivity (Wildman–Crippen MR) is 62.5 cm³/mol. The van der Waals surface area contributed by atoms with Crippen LogP contribution in [0.4, 0.5) is 5.82 Å². The van der Waals surface area contributed by atoms with Crippen molar-refractivity contribution in [3.63, 3.8) is 0 Å². The molecule has 0 aliphatic carbocycles. The van der Waals surface area contributed by atoms with Crippen molar-refractivity contribution < 1.29 is 5.11 Å². The van der Waals surface area contributed by atoms with E-state index in [4.69, 9.17) is 5.11 Å². The molecule has 0 unspecified atom stereocenters. The molecule has 1 N–H and O–H groups in total. The quantitative estimate of drug-likeness (QED) is 0.751. The average Bonchev–Trinajstić information content (AvgIpc) is 2.76. The van der Waals surface area contributed by atoms with Gasteiger partial charge >= 0.3 is 0 Å². The Morgan fingerprint density at radius 2 is 2.38 bits per heavy atom. The Hall–Kier alpha value is -1.88. The van der Waals surface area contributed by atoms with Gasteiger partial charge in [-0.3, -0.25) is 0 Å². The molecule has 0 spiro atoms. The molecule has 0 aliphatic rings. The summed E-state index contributed by atoms with van der Waals surface area (Å²) in [5.74, 6) is 0.814. The number of hydrogen-bond donors (Lipinski definition) is 1. The third-order valence-corrected chi connectivity index (χ3v) is 2.32. The molecule has 5 nitrogen and oxygen atoms in total. The molecule has 0 saturated heterocycles. The largest absolute Gasteiger partial charge is 0.395 e. The summed E-state index contributed by atoms with van der Waals surface area (Å²) in [4.78, 5) is 6.29. The van der Waals surface area contributed by atoms with Gasteiger partial charge in [-0.2, -0.15) is 5.10 Å². The van der Waals surface area contributed by atoms with Gasteiger partial charge in [0.05, 0.1) is 12.8 Å².